The van der Waals surface area contributed by atoms with Gasteiger partial charge in [0, 0.05) is 13.1 Å². The Kier molecular flexibility index (Phi) is 3.97. The van der Waals surface area contributed by atoms with Crippen LogP contribution in [0, 0.1) is 5.41 Å². The van der Waals surface area contributed by atoms with Crippen molar-refractivity contribution in [3.05, 3.63) is 29.8 Å². The molecule has 0 aromatic heterocycles. The smallest absolute Gasteiger partial charge is 0.311 e. The van der Waals surface area contributed by atoms with E-state index in [4.69, 9.17) is 0 Å². The number of carboxylic acids is 1. The van der Waals surface area contributed by atoms with Crippen molar-refractivity contribution in [3.63, 3.8) is 0 Å². The van der Waals surface area contributed by atoms with Gasteiger partial charge in [0.2, 0.25) is 5.91 Å². The van der Waals surface area contributed by atoms with Crippen LogP contribution in [0.4, 0.5) is 0 Å². The summed E-state index contributed by atoms with van der Waals surface area (Å²) in [7, 11) is 0. The number of aliphatic carboxylic acids is 1. The zero-order valence-corrected chi connectivity index (χ0v) is 11.5. The zero-order valence-electron chi connectivity index (χ0n) is 11.5. The lowest BCUT2D eigenvalue weighted by Crippen LogP contribution is -2.48. The molecular formula is C15H19NO4. The monoisotopic (exact) mass is 277 g/mol. The molecule has 2 rings (SSSR count). The van der Waals surface area contributed by atoms with Crippen LogP contribution in [0.15, 0.2) is 24.3 Å². The number of phenols is 1. The summed E-state index contributed by atoms with van der Waals surface area (Å²) in [5, 5.41) is 18.6. The molecule has 1 atom stereocenters. The fourth-order valence-electron chi connectivity index (χ4n) is 2.58. The van der Waals surface area contributed by atoms with Crippen LogP contribution in [0.2, 0.25) is 0 Å². The minimum absolute atomic E-state index is 0.0947. The Labute approximate surface area is 117 Å². The Hall–Kier alpha value is -2.04. The Morgan fingerprint density at radius 3 is 2.80 bits per heavy atom. The average Bonchev–Trinajstić information content (AvgIpc) is 2.38. The minimum Gasteiger partial charge on any atom is -0.508 e. The van der Waals surface area contributed by atoms with Crippen molar-refractivity contribution in [2.24, 2.45) is 5.41 Å². The summed E-state index contributed by atoms with van der Waals surface area (Å²) in [5.74, 6) is -0.820. The third-order valence-corrected chi connectivity index (χ3v) is 3.83. The van der Waals surface area contributed by atoms with E-state index in [2.05, 4.69) is 0 Å². The molecule has 1 aromatic carbocycles. The predicted octanol–water partition coefficient (Wildman–Crippen LogP) is 1.65. The molecule has 5 nitrogen and oxygen atoms in total. The number of carbonyl (C=O) groups is 2. The van der Waals surface area contributed by atoms with Gasteiger partial charge in [-0.15, -0.1) is 0 Å². The fraction of sp³-hybridized carbons (Fsp3) is 0.467. The van der Waals surface area contributed by atoms with Crippen LogP contribution in [0.1, 0.15) is 25.3 Å². The lowest BCUT2D eigenvalue weighted by Gasteiger charge is -2.37. The van der Waals surface area contributed by atoms with Crippen LogP contribution >= 0.6 is 0 Å². The number of carbonyl (C=O) groups excluding carboxylic acids is 1. The fourth-order valence-corrected chi connectivity index (χ4v) is 2.58. The maximum absolute atomic E-state index is 12.2. The SMILES string of the molecule is CC1(C(=O)O)CCCN(C(=O)Cc2cccc(O)c2)C1. The molecule has 0 saturated carbocycles. The summed E-state index contributed by atoms with van der Waals surface area (Å²) in [6.07, 6.45) is 1.48. The second kappa shape index (κ2) is 5.53. The molecule has 2 N–H and O–H groups in total. The quantitative estimate of drug-likeness (QED) is 0.880. The van der Waals surface area contributed by atoms with Crippen molar-refractivity contribution >= 4 is 11.9 Å². The molecule has 1 aromatic rings. The van der Waals surface area contributed by atoms with Crippen LogP contribution in [0.5, 0.6) is 5.75 Å². The molecule has 1 amide bonds. The van der Waals surface area contributed by atoms with E-state index < -0.39 is 11.4 Å². The van der Waals surface area contributed by atoms with Gasteiger partial charge in [-0.05, 0) is 37.5 Å². The van der Waals surface area contributed by atoms with E-state index >= 15 is 0 Å². The van der Waals surface area contributed by atoms with Gasteiger partial charge in [0.1, 0.15) is 5.75 Å². The number of piperidine rings is 1. The number of hydrogen-bond acceptors (Lipinski definition) is 3. The summed E-state index contributed by atoms with van der Waals surface area (Å²) >= 11 is 0. The van der Waals surface area contributed by atoms with Gasteiger partial charge in [0.05, 0.1) is 11.8 Å². The molecule has 1 aliphatic rings. The molecule has 1 unspecified atom stereocenters. The summed E-state index contributed by atoms with van der Waals surface area (Å²) in [6, 6.07) is 6.57. The van der Waals surface area contributed by atoms with Crippen LogP contribution in [-0.4, -0.2) is 40.1 Å². The zero-order chi connectivity index (χ0) is 14.8. The molecular weight excluding hydrogens is 258 g/mol. The highest BCUT2D eigenvalue weighted by Crippen LogP contribution is 2.30. The van der Waals surface area contributed by atoms with Crippen molar-refractivity contribution < 1.29 is 19.8 Å². The van der Waals surface area contributed by atoms with E-state index in [0.717, 1.165) is 5.56 Å². The van der Waals surface area contributed by atoms with Gasteiger partial charge < -0.3 is 15.1 Å². The number of hydrogen-bond donors (Lipinski definition) is 2. The number of rotatable bonds is 3. The summed E-state index contributed by atoms with van der Waals surface area (Å²) in [4.78, 5) is 25.1. The number of aromatic hydroxyl groups is 1. The Bertz CT molecular complexity index is 528. The summed E-state index contributed by atoms with van der Waals surface area (Å²) in [6.45, 7) is 2.53. The number of amides is 1. The Morgan fingerprint density at radius 1 is 1.40 bits per heavy atom. The van der Waals surface area contributed by atoms with Crippen molar-refractivity contribution in [2.45, 2.75) is 26.2 Å². The Balaban J connectivity index is 2.04. The van der Waals surface area contributed by atoms with Crippen molar-refractivity contribution in [3.8, 4) is 5.75 Å². The predicted molar refractivity (Wildman–Crippen MR) is 73.4 cm³/mol. The maximum atomic E-state index is 12.2. The molecule has 5 heteroatoms. The third-order valence-electron chi connectivity index (χ3n) is 3.83. The van der Waals surface area contributed by atoms with Crippen LogP contribution in [0.3, 0.4) is 0 Å². The minimum atomic E-state index is -0.854. The molecule has 0 radical (unpaired) electrons. The van der Waals surface area contributed by atoms with E-state index in [0.29, 0.717) is 19.4 Å². The van der Waals surface area contributed by atoms with Gasteiger partial charge in [-0.25, -0.2) is 0 Å². The number of nitrogens with zero attached hydrogens (tertiary/aromatic N) is 1. The highest BCUT2D eigenvalue weighted by Gasteiger charge is 2.39. The second-order valence-electron chi connectivity index (χ2n) is 5.63. The van der Waals surface area contributed by atoms with Crippen molar-refractivity contribution in [2.75, 3.05) is 13.1 Å². The molecule has 20 heavy (non-hydrogen) atoms. The van der Waals surface area contributed by atoms with Gasteiger partial charge in [-0.1, -0.05) is 12.1 Å². The summed E-state index contributed by atoms with van der Waals surface area (Å²) < 4.78 is 0. The highest BCUT2D eigenvalue weighted by atomic mass is 16.4. The maximum Gasteiger partial charge on any atom is 0.311 e. The molecule has 0 aliphatic carbocycles. The number of carboxylic acid groups (broad SMARTS) is 1. The molecule has 1 saturated heterocycles. The number of likely N-dealkylation sites (tertiary alicyclic amines) is 1. The second-order valence-corrected chi connectivity index (χ2v) is 5.63. The normalized spacial score (nSPS) is 22.6. The van der Waals surface area contributed by atoms with Gasteiger partial charge in [0.25, 0.3) is 0 Å². The molecule has 108 valence electrons. The third kappa shape index (κ3) is 3.10. The van der Waals surface area contributed by atoms with E-state index in [1.807, 2.05) is 0 Å². The largest absolute Gasteiger partial charge is 0.508 e. The molecule has 0 spiro atoms. The topological polar surface area (TPSA) is 77.8 Å². The number of benzene rings is 1. The van der Waals surface area contributed by atoms with Crippen LogP contribution < -0.4 is 0 Å². The summed E-state index contributed by atoms with van der Waals surface area (Å²) in [5.41, 5.74) is -0.121. The van der Waals surface area contributed by atoms with Gasteiger partial charge >= 0.3 is 5.97 Å². The van der Waals surface area contributed by atoms with Crippen LogP contribution in [0.25, 0.3) is 0 Å². The number of phenolic OH excluding ortho intramolecular Hbond substituents is 1. The average molecular weight is 277 g/mol. The van der Waals surface area contributed by atoms with Crippen LogP contribution in [-0.2, 0) is 16.0 Å². The molecule has 1 fully saturated rings. The van der Waals surface area contributed by atoms with Crippen molar-refractivity contribution in [1.29, 1.82) is 0 Å². The Morgan fingerprint density at radius 2 is 2.15 bits per heavy atom. The molecule has 1 aliphatic heterocycles. The highest BCUT2D eigenvalue weighted by molar-refractivity contribution is 5.81. The first-order valence-corrected chi connectivity index (χ1v) is 6.70. The lowest BCUT2D eigenvalue weighted by atomic mass is 9.82. The van der Waals surface area contributed by atoms with Gasteiger partial charge in [0.15, 0.2) is 0 Å². The first-order chi connectivity index (χ1) is 9.40. The molecule has 0 bridgehead atoms. The standard InChI is InChI=1S/C15H19NO4/c1-15(14(19)20)6-3-7-16(10-15)13(18)9-11-4-2-5-12(17)8-11/h2,4-5,8,17H,3,6-7,9-10H2,1H3,(H,19,20). The van der Waals surface area contributed by atoms with E-state index in [-0.39, 0.29) is 24.6 Å². The van der Waals surface area contributed by atoms with E-state index in [9.17, 15) is 19.8 Å². The van der Waals surface area contributed by atoms with Gasteiger partial charge in [-0.3, -0.25) is 9.59 Å². The van der Waals surface area contributed by atoms with Gasteiger partial charge in [-0.2, -0.15) is 0 Å². The van der Waals surface area contributed by atoms with Crippen molar-refractivity contribution in [1.82, 2.24) is 4.90 Å². The molecule has 1 heterocycles. The first kappa shape index (κ1) is 14.4. The lowest BCUT2D eigenvalue weighted by molar-refractivity contribution is -0.153. The van der Waals surface area contributed by atoms with E-state index in [1.165, 1.54) is 0 Å². The first-order valence-electron chi connectivity index (χ1n) is 6.70. The van der Waals surface area contributed by atoms with E-state index in [1.54, 1.807) is 36.1 Å².